The average Bonchev–Trinajstić information content (AvgIpc) is 2.74. The number of carboxylic acids is 3. The molecule has 0 saturated heterocycles. The first-order chi connectivity index (χ1) is 14.6. The molecule has 0 heterocycles. The Morgan fingerprint density at radius 1 is 0.613 bits per heavy atom. The van der Waals surface area contributed by atoms with Gasteiger partial charge < -0.3 is 29.7 Å². The fraction of sp³-hybridized carbons (Fsp3) is 0. The van der Waals surface area contributed by atoms with Crippen molar-refractivity contribution in [3.8, 4) is 0 Å². The van der Waals surface area contributed by atoms with Crippen LogP contribution in [0.1, 0.15) is 31.1 Å². The molecule has 158 valence electrons. The maximum atomic E-state index is 12.7. The lowest BCUT2D eigenvalue weighted by Gasteiger charge is -2.13. The van der Waals surface area contributed by atoms with Crippen molar-refractivity contribution in [1.29, 1.82) is 0 Å². The molecule has 3 aromatic carbocycles. The topological polar surface area (TPSA) is 155 Å². The monoisotopic (exact) mass is 455 g/mol. The summed E-state index contributed by atoms with van der Waals surface area (Å²) >= 11 is 1.09. The Labute approximate surface area is 180 Å². The van der Waals surface area contributed by atoms with Crippen LogP contribution in [0.3, 0.4) is 0 Å². The van der Waals surface area contributed by atoms with Crippen LogP contribution in [0.25, 0.3) is 0 Å². The molecule has 0 spiro atoms. The first kappa shape index (κ1) is 22.1. The third kappa shape index (κ3) is 4.76. The number of aromatic carboxylic acids is 3. The summed E-state index contributed by atoms with van der Waals surface area (Å²) in [5.41, 5.74) is -1.17. The number of rotatable bonds is 7. The number of benzene rings is 3. The number of sulfone groups is 1. The van der Waals surface area contributed by atoms with Gasteiger partial charge in [-0.25, -0.2) is 8.42 Å². The van der Waals surface area contributed by atoms with Crippen LogP contribution in [-0.4, -0.2) is 26.3 Å². The van der Waals surface area contributed by atoms with Crippen LogP contribution in [0, 0.1) is 0 Å². The van der Waals surface area contributed by atoms with Gasteiger partial charge in [0.1, 0.15) is 0 Å². The van der Waals surface area contributed by atoms with Gasteiger partial charge in [-0.2, -0.15) is 0 Å². The Hall–Kier alpha value is -3.63. The highest BCUT2D eigenvalue weighted by Gasteiger charge is 2.17. The van der Waals surface area contributed by atoms with Gasteiger partial charge >= 0.3 is 0 Å². The van der Waals surface area contributed by atoms with Crippen LogP contribution >= 0.6 is 11.8 Å². The Morgan fingerprint density at radius 3 is 1.58 bits per heavy atom. The van der Waals surface area contributed by atoms with E-state index >= 15 is 0 Å². The van der Waals surface area contributed by atoms with Gasteiger partial charge in [-0.3, -0.25) is 0 Å². The highest BCUT2D eigenvalue weighted by Crippen LogP contribution is 2.31. The summed E-state index contributed by atoms with van der Waals surface area (Å²) in [5, 5.41) is 33.0. The number of carbonyl (C=O) groups is 3. The minimum atomic E-state index is -3.88. The van der Waals surface area contributed by atoms with Crippen LogP contribution in [0.5, 0.6) is 0 Å². The first-order valence-corrected chi connectivity index (χ1v) is 10.8. The molecular formula is C21H11O8S2-3. The van der Waals surface area contributed by atoms with Gasteiger partial charge in [0.2, 0.25) is 9.84 Å². The second-order valence-corrected chi connectivity index (χ2v) is 9.27. The van der Waals surface area contributed by atoms with Gasteiger partial charge in [0.15, 0.2) is 0 Å². The van der Waals surface area contributed by atoms with Gasteiger partial charge in [0, 0.05) is 20.9 Å². The summed E-state index contributed by atoms with van der Waals surface area (Å²) in [6.45, 7) is 0. The molecule has 0 bridgehead atoms. The molecule has 10 heteroatoms. The van der Waals surface area contributed by atoms with Gasteiger partial charge in [-0.15, -0.1) is 0 Å². The Balaban J connectivity index is 1.85. The molecule has 0 fully saturated rings. The SMILES string of the molecule is O=C([O-])c1ccc(S(=O)(=O)c2ccc(Sc3ccc(C(=O)[O-])c(C(=O)[O-])c3)cc2)cc1. The quantitative estimate of drug-likeness (QED) is 0.469. The molecule has 0 radical (unpaired) electrons. The fourth-order valence-corrected chi connectivity index (χ4v) is 4.78. The lowest BCUT2D eigenvalue weighted by molar-refractivity contribution is -0.259. The molecule has 3 rings (SSSR count). The number of carboxylic acid groups (broad SMARTS) is 3. The van der Waals surface area contributed by atoms with Crippen LogP contribution in [0.2, 0.25) is 0 Å². The molecule has 0 aliphatic rings. The van der Waals surface area contributed by atoms with E-state index in [4.69, 9.17) is 0 Å². The summed E-state index contributed by atoms with van der Waals surface area (Å²) in [7, 11) is -3.88. The highest BCUT2D eigenvalue weighted by atomic mass is 32.2. The summed E-state index contributed by atoms with van der Waals surface area (Å²) in [4.78, 5) is 33.8. The Morgan fingerprint density at radius 2 is 1.10 bits per heavy atom. The van der Waals surface area contributed by atoms with Crippen molar-refractivity contribution in [1.82, 2.24) is 0 Å². The largest absolute Gasteiger partial charge is 0.545 e. The van der Waals surface area contributed by atoms with Gasteiger partial charge in [0.05, 0.1) is 27.7 Å². The summed E-state index contributed by atoms with van der Waals surface area (Å²) in [6, 6.07) is 13.9. The van der Waals surface area contributed by atoms with Crippen molar-refractivity contribution in [3.05, 3.63) is 83.4 Å². The van der Waals surface area contributed by atoms with Gasteiger partial charge in [0.25, 0.3) is 0 Å². The predicted octanol–water partition coefficient (Wildman–Crippen LogP) is -0.239. The maximum absolute atomic E-state index is 12.7. The molecule has 0 N–H and O–H groups in total. The number of hydrogen-bond donors (Lipinski definition) is 0. The summed E-state index contributed by atoms with van der Waals surface area (Å²) in [5.74, 6) is -4.72. The zero-order chi connectivity index (χ0) is 22.8. The van der Waals surface area contributed by atoms with Crippen LogP contribution < -0.4 is 15.3 Å². The van der Waals surface area contributed by atoms with Crippen LogP contribution in [0.4, 0.5) is 0 Å². The summed E-state index contributed by atoms with van der Waals surface area (Å²) in [6.07, 6.45) is 0. The molecule has 8 nitrogen and oxygen atoms in total. The van der Waals surface area contributed by atoms with Gasteiger partial charge in [-0.05, 0) is 54.1 Å². The van der Waals surface area contributed by atoms with Gasteiger partial charge in [-0.1, -0.05) is 30.0 Å². The van der Waals surface area contributed by atoms with Crippen molar-refractivity contribution in [2.45, 2.75) is 19.6 Å². The van der Waals surface area contributed by atoms with Crippen molar-refractivity contribution in [2.75, 3.05) is 0 Å². The average molecular weight is 455 g/mol. The Bertz CT molecular complexity index is 1280. The predicted molar refractivity (Wildman–Crippen MR) is 102 cm³/mol. The normalized spacial score (nSPS) is 11.1. The third-order valence-corrected chi connectivity index (χ3v) is 6.98. The molecule has 31 heavy (non-hydrogen) atoms. The van der Waals surface area contributed by atoms with Crippen LogP contribution in [0.15, 0.2) is 86.3 Å². The molecule has 0 unspecified atom stereocenters. The lowest BCUT2D eigenvalue weighted by atomic mass is 10.1. The highest BCUT2D eigenvalue weighted by molar-refractivity contribution is 7.99. The molecule has 0 aliphatic carbocycles. The molecule has 0 amide bonds. The number of hydrogen-bond acceptors (Lipinski definition) is 9. The zero-order valence-corrected chi connectivity index (χ0v) is 17.1. The van der Waals surface area contributed by atoms with Crippen molar-refractivity contribution >= 4 is 39.5 Å². The van der Waals surface area contributed by atoms with E-state index in [1.165, 1.54) is 42.5 Å². The van der Waals surface area contributed by atoms with E-state index in [0.717, 1.165) is 36.0 Å². The standard InChI is InChI=1S/C21H14O8S2/c22-19(23)12-1-6-15(7-2-12)31(28,29)16-8-3-13(4-9-16)30-14-5-10-17(20(24)25)18(11-14)21(26)27/h1-11H,(H,22,23)(H,24,25)(H,26,27)/p-3. The zero-order valence-electron chi connectivity index (χ0n) is 15.4. The molecule has 0 aromatic heterocycles. The van der Waals surface area contributed by atoms with E-state index in [0.29, 0.717) is 9.79 Å². The molecule has 0 saturated carbocycles. The van der Waals surface area contributed by atoms with Crippen molar-refractivity contribution in [3.63, 3.8) is 0 Å². The second-order valence-electron chi connectivity index (χ2n) is 6.17. The second kappa shape index (κ2) is 8.62. The molecule has 3 aromatic rings. The lowest BCUT2D eigenvalue weighted by Crippen LogP contribution is -2.30. The van der Waals surface area contributed by atoms with E-state index in [-0.39, 0.29) is 15.4 Å². The minimum absolute atomic E-state index is 0.0271. The van der Waals surface area contributed by atoms with Crippen molar-refractivity contribution < 1.29 is 38.1 Å². The van der Waals surface area contributed by atoms with E-state index in [1.54, 1.807) is 0 Å². The Kier molecular flexibility index (Phi) is 6.14. The smallest absolute Gasteiger partial charge is 0.206 e. The van der Waals surface area contributed by atoms with E-state index < -0.39 is 38.9 Å². The number of carbonyl (C=O) groups excluding carboxylic acids is 3. The van der Waals surface area contributed by atoms with Crippen LogP contribution in [-0.2, 0) is 9.84 Å². The van der Waals surface area contributed by atoms with E-state index in [2.05, 4.69) is 0 Å². The minimum Gasteiger partial charge on any atom is -0.545 e. The molecular weight excluding hydrogens is 444 g/mol. The fourth-order valence-electron chi connectivity index (χ4n) is 2.66. The third-order valence-electron chi connectivity index (χ3n) is 4.20. The van der Waals surface area contributed by atoms with E-state index in [9.17, 15) is 38.1 Å². The van der Waals surface area contributed by atoms with Crippen molar-refractivity contribution in [2.24, 2.45) is 0 Å². The maximum Gasteiger partial charge on any atom is 0.206 e. The first-order valence-electron chi connectivity index (χ1n) is 8.51. The molecule has 0 atom stereocenters. The van der Waals surface area contributed by atoms with E-state index in [1.807, 2.05) is 0 Å². The molecule has 0 aliphatic heterocycles. The summed E-state index contributed by atoms with van der Waals surface area (Å²) < 4.78 is 25.4.